The molecule has 1 atom stereocenters. The van der Waals surface area contributed by atoms with E-state index in [9.17, 15) is 4.79 Å². The zero-order valence-corrected chi connectivity index (χ0v) is 14.8. The van der Waals surface area contributed by atoms with Crippen LogP contribution in [0.5, 0.6) is 0 Å². The fourth-order valence-corrected chi connectivity index (χ4v) is 2.53. The van der Waals surface area contributed by atoms with E-state index in [4.69, 9.17) is 0 Å². The van der Waals surface area contributed by atoms with Crippen LogP contribution in [0.2, 0.25) is 0 Å². The van der Waals surface area contributed by atoms with Crippen molar-refractivity contribution in [2.45, 2.75) is 12.8 Å². The number of piperidine rings is 1. The van der Waals surface area contributed by atoms with Crippen molar-refractivity contribution in [2.75, 3.05) is 23.7 Å². The number of aromatic nitrogens is 1. The summed E-state index contributed by atoms with van der Waals surface area (Å²) in [5.74, 6) is 0.872. The molecule has 1 amide bonds. The number of anilines is 3. The lowest BCUT2D eigenvalue weighted by molar-refractivity contribution is -0.120. The second-order valence-corrected chi connectivity index (χ2v) is 5.46. The van der Waals surface area contributed by atoms with Gasteiger partial charge in [0.25, 0.3) is 0 Å². The van der Waals surface area contributed by atoms with Crippen molar-refractivity contribution in [3.63, 3.8) is 0 Å². The lowest BCUT2D eigenvalue weighted by Crippen LogP contribution is -2.37. The molecule has 0 saturated carbocycles. The average molecular weight is 369 g/mol. The minimum absolute atomic E-state index is 0. The molecule has 0 spiro atoms. The number of hydrogen-bond acceptors (Lipinski definition) is 4. The first-order chi connectivity index (χ1) is 10.8. The minimum Gasteiger partial charge on any atom is -0.340 e. The summed E-state index contributed by atoms with van der Waals surface area (Å²) < 4.78 is 0. The van der Waals surface area contributed by atoms with E-state index in [0.29, 0.717) is 0 Å². The predicted molar refractivity (Wildman–Crippen MR) is 103 cm³/mol. The number of nitrogens with zero attached hydrogens (tertiary/aromatic N) is 1. The van der Waals surface area contributed by atoms with E-state index in [-0.39, 0.29) is 36.6 Å². The SMILES string of the molecule is Cl.Cl.O=C(Nc1ccc(Nc2ccccc2)nc1)C1CCCNC1. The molecule has 7 heteroatoms. The molecule has 0 aliphatic carbocycles. The molecule has 2 heterocycles. The van der Waals surface area contributed by atoms with E-state index >= 15 is 0 Å². The highest BCUT2D eigenvalue weighted by molar-refractivity contribution is 5.92. The molecule has 1 unspecified atom stereocenters. The van der Waals surface area contributed by atoms with Crippen LogP contribution in [0.25, 0.3) is 0 Å². The monoisotopic (exact) mass is 368 g/mol. The highest BCUT2D eigenvalue weighted by atomic mass is 35.5. The maximum Gasteiger partial charge on any atom is 0.228 e. The molecule has 1 aromatic heterocycles. The third kappa shape index (κ3) is 5.67. The number of halogens is 2. The van der Waals surface area contributed by atoms with Gasteiger partial charge >= 0.3 is 0 Å². The Morgan fingerprint density at radius 2 is 1.88 bits per heavy atom. The van der Waals surface area contributed by atoms with Crippen LogP contribution in [-0.2, 0) is 4.79 Å². The molecule has 1 fully saturated rings. The summed E-state index contributed by atoms with van der Waals surface area (Å²) in [5.41, 5.74) is 1.72. The first-order valence-corrected chi connectivity index (χ1v) is 7.61. The number of pyridine rings is 1. The van der Waals surface area contributed by atoms with Crippen molar-refractivity contribution in [3.8, 4) is 0 Å². The highest BCUT2D eigenvalue weighted by Gasteiger charge is 2.20. The van der Waals surface area contributed by atoms with Gasteiger partial charge < -0.3 is 16.0 Å². The molecule has 3 rings (SSSR count). The number of hydrogen-bond donors (Lipinski definition) is 3. The molecule has 130 valence electrons. The molecule has 24 heavy (non-hydrogen) atoms. The number of rotatable bonds is 4. The predicted octanol–water partition coefficient (Wildman–Crippen LogP) is 3.61. The highest BCUT2D eigenvalue weighted by Crippen LogP contribution is 2.17. The topological polar surface area (TPSA) is 66.0 Å². The molecule has 1 saturated heterocycles. The van der Waals surface area contributed by atoms with Gasteiger partial charge in [-0.25, -0.2) is 4.98 Å². The van der Waals surface area contributed by atoms with E-state index in [2.05, 4.69) is 20.9 Å². The zero-order valence-electron chi connectivity index (χ0n) is 13.2. The second-order valence-electron chi connectivity index (χ2n) is 5.46. The summed E-state index contributed by atoms with van der Waals surface area (Å²) in [6.07, 6.45) is 3.68. The zero-order chi connectivity index (χ0) is 15.2. The van der Waals surface area contributed by atoms with Crippen molar-refractivity contribution in [2.24, 2.45) is 5.92 Å². The van der Waals surface area contributed by atoms with Gasteiger partial charge in [0.1, 0.15) is 5.82 Å². The molecule has 1 aromatic carbocycles. The van der Waals surface area contributed by atoms with Crippen LogP contribution in [-0.4, -0.2) is 24.0 Å². The van der Waals surface area contributed by atoms with Gasteiger partial charge in [-0.2, -0.15) is 0 Å². The lowest BCUT2D eigenvalue weighted by atomic mass is 9.99. The van der Waals surface area contributed by atoms with E-state index in [0.717, 1.165) is 43.1 Å². The van der Waals surface area contributed by atoms with Crippen molar-refractivity contribution in [1.29, 1.82) is 0 Å². The van der Waals surface area contributed by atoms with E-state index in [1.165, 1.54) is 0 Å². The number of amides is 1. The van der Waals surface area contributed by atoms with E-state index in [1.807, 2.05) is 42.5 Å². The Kier molecular flexibility index (Phi) is 8.54. The Morgan fingerprint density at radius 3 is 2.50 bits per heavy atom. The number of carbonyl (C=O) groups is 1. The average Bonchev–Trinajstić information content (AvgIpc) is 2.58. The largest absolute Gasteiger partial charge is 0.340 e. The summed E-state index contributed by atoms with van der Waals surface area (Å²) in [4.78, 5) is 16.5. The molecule has 1 aliphatic rings. The molecule has 0 bridgehead atoms. The maximum atomic E-state index is 12.1. The van der Waals surface area contributed by atoms with Crippen LogP contribution in [0.4, 0.5) is 17.2 Å². The third-order valence-corrected chi connectivity index (χ3v) is 3.74. The Balaban J connectivity index is 0.00000144. The third-order valence-electron chi connectivity index (χ3n) is 3.74. The van der Waals surface area contributed by atoms with Crippen LogP contribution in [0.15, 0.2) is 48.7 Å². The number of carbonyl (C=O) groups excluding carboxylic acids is 1. The second kappa shape index (κ2) is 10.1. The Bertz CT molecular complexity index is 616. The Labute approximate surface area is 154 Å². The quantitative estimate of drug-likeness (QED) is 0.770. The van der Waals surface area contributed by atoms with E-state index < -0.39 is 0 Å². The summed E-state index contributed by atoms with van der Waals surface area (Å²) in [6, 6.07) is 13.6. The normalized spacial score (nSPS) is 16.2. The van der Waals surface area contributed by atoms with Crippen LogP contribution in [0.3, 0.4) is 0 Å². The van der Waals surface area contributed by atoms with Crippen LogP contribution >= 0.6 is 24.8 Å². The van der Waals surface area contributed by atoms with Crippen LogP contribution in [0.1, 0.15) is 12.8 Å². The lowest BCUT2D eigenvalue weighted by Gasteiger charge is -2.21. The van der Waals surface area contributed by atoms with Crippen LogP contribution < -0.4 is 16.0 Å². The Morgan fingerprint density at radius 1 is 1.08 bits per heavy atom. The molecule has 1 aliphatic heterocycles. The molecule has 0 radical (unpaired) electrons. The fourth-order valence-electron chi connectivity index (χ4n) is 2.53. The van der Waals surface area contributed by atoms with Crippen molar-refractivity contribution in [1.82, 2.24) is 10.3 Å². The van der Waals surface area contributed by atoms with Gasteiger partial charge in [-0.1, -0.05) is 18.2 Å². The minimum atomic E-state index is 0. The van der Waals surface area contributed by atoms with Gasteiger partial charge in [0.15, 0.2) is 0 Å². The summed E-state index contributed by atoms with van der Waals surface area (Å²) in [7, 11) is 0. The van der Waals surface area contributed by atoms with Gasteiger partial charge in [-0.05, 0) is 43.7 Å². The molecular weight excluding hydrogens is 347 g/mol. The fraction of sp³-hybridized carbons (Fsp3) is 0.294. The van der Waals surface area contributed by atoms with Crippen molar-refractivity contribution < 1.29 is 4.79 Å². The van der Waals surface area contributed by atoms with Gasteiger partial charge in [0, 0.05) is 12.2 Å². The van der Waals surface area contributed by atoms with E-state index in [1.54, 1.807) is 6.20 Å². The molecular formula is C17H22Cl2N4O. The van der Waals surface area contributed by atoms with Crippen molar-refractivity contribution >= 4 is 47.9 Å². The van der Waals surface area contributed by atoms with Crippen LogP contribution in [0, 0.1) is 5.92 Å². The summed E-state index contributed by atoms with van der Waals surface area (Å²) >= 11 is 0. The molecule has 3 N–H and O–H groups in total. The Hall–Kier alpha value is -1.82. The first-order valence-electron chi connectivity index (χ1n) is 7.61. The van der Waals surface area contributed by atoms with Crippen molar-refractivity contribution in [3.05, 3.63) is 48.7 Å². The molecule has 2 aromatic rings. The number of benzene rings is 1. The number of para-hydroxylation sites is 1. The summed E-state index contributed by atoms with van der Waals surface area (Å²) in [5, 5.41) is 9.40. The number of nitrogens with one attached hydrogen (secondary N) is 3. The van der Waals surface area contributed by atoms with Gasteiger partial charge in [0.05, 0.1) is 17.8 Å². The van der Waals surface area contributed by atoms with Gasteiger partial charge in [-0.3, -0.25) is 4.79 Å². The maximum absolute atomic E-state index is 12.1. The summed E-state index contributed by atoms with van der Waals surface area (Å²) in [6.45, 7) is 1.76. The van der Waals surface area contributed by atoms with Gasteiger partial charge in [0.2, 0.25) is 5.91 Å². The first kappa shape index (κ1) is 20.2. The molecule has 5 nitrogen and oxygen atoms in total. The smallest absolute Gasteiger partial charge is 0.228 e. The standard InChI is InChI=1S/C17H20N4O.2ClH/c22-17(13-5-4-10-18-11-13)21-15-8-9-16(19-12-15)20-14-6-2-1-3-7-14;;/h1-3,6-9,12-13,18H,4-5,10-11H2,(H,19,20)(H,21,22);2*1H. The van der Waals surface area contributed by atoms with Gasteiger partial charge in [-0.15, -0.1) is 24.8 Å².